The lowest BCUT2D eigenvalue weighted by molar-refractivity contribution is -0.121. The highest BCUT2D eigenvalue weighted by Crippen LogP contribution is 2.33. The van der Waals surface area contributed by atoms with Crippen LogP contribution in [0, 0.1) is 0 Å². The maximum Gasteiger partial charge on any atom is 0.264 e. The second kappa shape index (κ2) is 8.59. The Labute approximate surface area is 182 Å². The topological polar surface area (TPSA) is 50.4 Å². The number of rotatable bonds is 4. The minimum Gasteiger partial charge on any atom is -0.483 e. The van der Waals surface area contributed by atoms with Crippen LogP contribution in [0.2, 0.25) is 0 Å². The highest BCUT2D eigenvalue weighted by atomic mass is 79.9. The fourth-order valence-electron chi connectivity index (χ4n) is 3.12. The minimum absolute atomic E-state index is 0.145. The number of hydrogen-bond acceptors (Lipinski definition) is 3. The third-order valence-corrected chi connectivity index (χ3v) is 5.50. The smallest absolute Gasteiger partial charge is 0.264 e. The van der Waals surface area contributed by atoms with Crippen molar-refractivity contribution < 1.29 is 9.53 Å². The first-order valence-corrected chi connectivity index (χ1v) is 10.2. The predicted octanol–water partition coefficient (Wildman–Crippen LogP) is 5.65. The molecule has 0 radical (unpaired) electrons. The molecule has 0 unspecified atom stereocenters. The summed E-state index contributed by atoms with van der Waals surface area (Å²) in [5, 5.41) is 10.2. The first-order valence-electron chi connectivity index (χ1n) is 9.00. The van der Waals surface area contributed by atoms with Crippen LogP contribution < -0.4 is 15.4 Å². The summed E-state index contributed by atoms with van der Waals surface area (Å²) < 4.78 is 6.50. The van der Waals surface area contributed by atoms with Gasteiger partial charge in [-0.15, -0.1) is 0 Å². The van der Waals surface area contributed by atoms with E-state index in [9.17, 15) is 4.79 Å². The molecule has 0 aliphatic carbocycles. The van der Waals surface area contributed by atoms with E-state index in [1.54, 1.807) is 0 Å². The van der Waals surface area contributed by atoms with Gasteiger partial charge in [-0.1, -0.05) is 66.7 Å². The number of fused-ring (bicyclic) bond motifs is 2. The van der Waals surface area contributed by atoms with Crippen LogP contribution in [0.3, 0.4) is 0 Å². The molecule has 0 saturated heterocycles. The Morgan fingerprint density at radius 3 is 2.31 bits per heavy atom. The average Bonchev–Trinajstić information content (AvgIpc) is 2.74. The van der Waals surface area contributed by atoms with Crippen molar-refractivity contribution in [2.45, 2.75) is 0 Å². The molecule has 0 aliphatic heterocycles. The van der Waals surface area contributed by atoms with Gasteiger partial charge in [0.15, 0.2) is 11.7 Å². The Morgan fingerprint density at radius 2 is 1.52 bits per heavy atom. The number of nitrogens with one attached hydrogen (secondary N) is 2. The standard InChI is InChI=1S/C23H17BrN2O2S/c24-22-18-10-4-2-7-16(18)12-13-20(22)28-14-21(27)26-23(29)25-19-11-5-8-15-6-1-3-9-17(15)19/h1-13H,14H2,(H2,25,26,27,29). The van der Waals surface area contributed by atoms with Gasteiger partial charge in [0.1, 0.15) is 5.75 Å². The minimum atomic E-state index is -0.331. The molecule has 0 saturated carbocycles. The van der Waals surface area contributed by atoms with Crippen molar-refractivity contribution in [2.24, 2.45) is 0 Å². The molecule has 0 spiro atoms. The quantitative estimate of drug-likeness (QED) is 0.383. The molecule has 4 aromatic carbocycles. The first-order chi connectivity index (χ1) is 14.1. The van der Waals surface area contributed by atoms with E-state index in [1.165, 1.54) is 0 Å². The zero-order valence-corrected chi connectivity index (χ0v) is 17.7. The van der Waals surface area contributed by atoms with Crippen molar-refractivity contribution in [3.8, 4) is 5.75 Å². The van der Waals surface area contributed by atoms with Gasteiger partial charge in [0, 0.05) is 11.1 Å². The lowest BCUT2D eigenvalue weighted by atomic mass is 10.1. The van der Waals surface area contributed by atoms with E-state index in [0.717, 1.165) is 31.7 Å². The van der Waals surface area contributed by atoms with Crippen molar-refractivity contribution in [3.63, 3.8) is 0 Å². The maximum absolute atomic E-state index is 12.3. The summed E-state index contributed by atoms with van der Waals surface area (Å²) in [6, 6.07) is 25.6. The van der Waals surface area contributed by atoms with Crippen molar-refractivity contribution in [1.82, 2.24) is 5.32 Å². The highest BCUT2D eigenvalue weighted by molar-refractivity contribution is 9.10. The second-order valence-electron chi connectivity index (χ2n) is 6.42. The summed E-state index contributed by atoms with van der Waals surface area (Å²) in [5.74, 6) is 0.273. The third kappa shape index (κ3) is 4.39. The monoisotopic (exact) mass is 464 g/mol. The first kappa shape index (κ1) is 19.4. The summed E-state index contributed by atoms with van der Waals surface area (Å²) in [6.45, 7) is -0.145. The number of halogens is 1. The summed E-state index contributed by atoms with van der Waals surface area (Å²) in [4.78, 5) is 12.3. The highest BCUT2D eigenvalue weighted by Gasteiger charge is 2.10. The van der Waals surface area contributed by atoms with Gasteiger partial charge in [-0.2, -0.15) is 0 Å². The van der Waals surface area contributed by atoms with E-state index in [-0.39, 0.29) is 17.6 Å². The van der Waals surface area contributed by atoms with Crippen LogP contribution in [0.5, 0.6) is 5.75 Å². The number of thiocarbonyl (C=S) groups is 1. The second-order valence-corrected chi connectivity index (χ2v) is 7.62. The molecule has 6 heteroatoms. The number of carbonyl (C=O) groups excluding carboxylic acids is 1. The fourth-order valence-corrected chi connectivity index (χ4v) is 3.95. The van der Waals surface area contributed by atoms with Gasteiger partial charge >= 0.3 is 0 Å². The zero-order chi connectivity index (χ0) is 20.2. The van der Waals surface area contributed by atoms with E-state index in [2.05, 4.69) is 26.6 Å². The molecule has 4 nitrogen and oxygen atoms in total. The van der Waals surface area contributed by atoms with Gasteiger partial charge in [-0.3, -0.25) is 10.1 Å². The van der Waals surface area contributed by atoms with Crippen LogP contribution >= 0.6 is 28.1 Å². The van der Waals surface area contributed by atoms with Crippen molar-refractivity contribution in [2.75, 3.05) is 11.9 Å². The van der Waals surface area contributed by atoms with Gasteiger partial charge in [-0.05, 0) is 56.4 Å². The van der Waals surface area contributed by atoms with Crippen LogP contribution in [-0.4, -0.2) is 17.6 Å². The zero-order valence-electron chi connectivity index (χ0n) is 15.3. The number of hydrogen-bond donors (Lipinski definition) is 2. The lowest BCUT2D eigenvalue weighted by Crippen LogP contribution is -2.37. The van der Waals surface area contributed by atoms with E-state index >= 15 is 0 Å². The predicted molar refractivity (Wildman–Crippen MR) is 125 cm³/mol. The summed E-state index contributed by atoms with van der Waals surface area (Å²) in [7, 11) is 0. The molecule has 4 aromatic rings. The Bertz CT molecular complexity index is 1220. The summed E-state index contributed by atoms with van der Waals surface area (Å²) >= 11 is 8.84. The molecule has 2 N–H and O–H groups in total. The van der Waals surface area contributed by atoms with E-state index in [4.69, 9.17) is 17.0 Å². The molecule has 0 fully saturated rings. The number of ether oxygens (including phenoxy) is 1. The van der Waals surface area contributed by atoms with E-state index in [0.29, 0.717) is 5.75 Å². The Hall–Kier alpha value is -2.96. The molecule has 0 aliphatic rings. The molecular weight excluding hydrogens is 448 g/mol. The largest absolute Gasteiger partial charge is 0.483 e. The van der Waals surface area contributed by atoms with E-state index in [1.807, 2.05) is 78.9 Å². The van der Waals surface area contributed by atoms with Gasteiger partial charge in [0.2, 0.25) is 0 Å². The average molecular weight is 465 g/mol. The molecule has 0 heterocycles. The summed E-state index contributed by atoms with van der Waals surface area (Å²) in [6.07, 6.45) is 0. The third-order valence-electron chi connectivity index (χ3n) is 4.48. The van der Waals surface area contributed by atoms with Crippen LogP contribution in [0.1, 0.15) is 0 Å². The van der Waals surface area contributed by atoms with Crippen LogP contribution in [0.4, 0.5) is 5.69 Å². The summed E-state index contributed by atoms with van der Waals surface area (Å²) in [5.41, 5.74) is 0.839. The molecule has 29 heavy (non-hydrogen) atoms. The van der Waals surface area contributed by atoms with Crippen LogP contribution in [0.25, 0.3) is 21.5 Å². The fraction of sp³-hybridized carbons (Fsp3) is 0.0435. The van der Waals surface area contributed by atoms with Crippen LogP contribution in [-0.2, 0) is 4.79 Å². The lowest BCUT2D eigenvalue weighted by Gasteiger charge is -2.13. The molecule has 0 atom stereocenters. The van der Waals surface area contributed by atoms with Crippen molar-refractivity contribution >= 4 is 66.4 Å². The molecule has 144 valence electrons. The van der Waals surface area contributed by atoms with Gasteiger partial charge < -0.3 is 10.1 Å². The van der Waals surface area contributed by atoms with Gasteiger partial charge in [0.05, 0.1) is 4.47 Å². The Balaban J connectivity index is 1.38. The van der Waals surface area contributed by atoms with Crippen molar-refractivity contribution in [1.29, 1.82) is 0 Å². The Morgan fingerprint density at radius 1 is 0.862 bits per heavy atom. The molecule has 0 bridgehead atoms. The number of anilines is 1. The van der Waals surface area contributed by atoms with Crippen molar-refractivity contribution in [3.05, 3.63) is 83.3 Å². The molecule has 0 aromatic heterocycles. The Kier molecular flexibility index (Phi) is 5.74. The normalized spacial score (nSPS) is 10.7. The molecule has 4 rings (SSSR count). The number of benzene rings is 4. The SMILES string of the molecule is O=C(COc1ccc2ccccc2c1Br)NC(=S)Nc1cccc2ccccc12. The maximum atomic E-state index is 12.3. The van der Waals surface area contributed by atoms with Gasteiger partial charge in [0.25, 0.3) is 5.91 Å². The number of amides is 1. The van der Waals surface area contributed by atoms with Crippen LogP contribution in [0.15, 0.2) is 83.3 Å². The molecule has 1 amide bonds. The number of carbonyl (C=O) groups is 1. The van der Waals surface area contributed by atoms with Gasteiger partial charge in [-0.25, -0.2) is 0 Å². The molecular formula is C23H17BrN2O2S. The van der Waals surface area contributed by atoms with E-state index < -0.39 is 0 Å².